The maximum Gasteiger partial charge on any atom is 0.233 e. The van der Waals surface area contributed by atoms with E-state index in [-0.39, 0.29) is 17.8 Å². The number of hydrogen-bond acceptors (Lipinski definition) is 4. The SMILES string of the molecule is COC1CCN(C(=O)C(Cc2ccccc2)/C(N)=N/O)C1. The molecule has 2 atom stereocenters. The second-order valence-electron chi connectivity index (χ2n) is 5.20. The number of carbonyl (C=O) groups excluding carboxylic acids is 1. The van der Waals surface area contributed by atoms with Crippen LogP contribution in [0.3, 0.4) is 0 Å². The van der Waals surface area contributed by atoms with Gasteiger partial charge in [0, 0.05) is 20.2 Å². The Labute approximate surface area is 124 Å². The first kappa shape index (κ1) is 15.3. The number of oxime groups is 1. The summed E-state index contributed by atoms with van der Waals surface area (Å²) < 4.78 is 5.27. The molecule has 0 saturated carbocycles. The highest BCUT2D eigenvalue weighted by molar-refractivity contribution is 6.02. The number of amides is 1. The summed E-state index contributed by atoms with van der Waals surface area (Å²) in [5.74, 6) is -0.813. The van der Waals surface area contributed by atoms with E-state index in [1.807, 2.05) is 30.3 Å². The number of carbonyl (C=O) groups is 1. The lowest BCUT2D eigenvalue weighted by atomic mass is 9.97. The number of nitrogens with two attached hydrogens (primary N) is 1. The Hall–Kier alpha value is -2.08. The molecule has 3 N–H and O–H groups in total. The van der Waals surface area contributed by atoms with Gasteiger partial charge in [0.15, 0.2) is 5.84 Å². The average molecular weight is 291 g/mol. The number of hydrogen-bond donors (Lipinski definition) is 2. The highest BCUT2D eigenvalue weighted by atomic mass is 16.5. The van der Waals surface area contributed by atoms with Gasteiger partial charge in [0.1, 0.15) is 5.92 Å². The van der Waals surface area contributed by atoms with E-state index in [0.717, 1.165) is 12.0 Å². The van der Waals surface area contributed by atoms with Crippen LogP contribution in [0.5, 0.6) is 0 Å². The average Bonchev–Trinajstić information content (AvgIpc) is 3.01. The van der Waals surface area contributed by atoms with Crippen molar-refractivity contribution in [3.05, 3.63) is 35.9 Å². The Balaban J connectivity index is 2.11. The molecule has 0 aliphatic carbocycles. The summed E-state index contributed by atoms with van der Waals surface area (Å²) in [6, 6.07) is 9.56. The summed E-state index contributed by atoms with van der Waals surface area (Å²) in [5.41, 5.74) is 6.70. The molecule has 6 heteroatoms. The van der Waals surface area contributed by atoms with Gasteiger partial charge in [-0.15, -0.1) is 0 Å². The first-order chi connectivity index (χ1) is 10.2. The molecule has 21 heavy (non-hydrogen) atoms. The second kappa shape index (κ2) is 7.08. The van der Waals surface area contributed by atoms with Crippen molar-refractivity contribution in [1.82, 2.24) is 4.90 Å². The van der Waals surface area contributed by atoms with Gasteiger partial charge in [0.2, 0.25) is 5.91 Å². The Bertz CT molecular complexity index is 504. The van der Waals surface area contributed by atoms with Gasteiger partial charge in [-0.1, -0.05) is 35.5 Å². The quantitative estimate of drug-likeness (QED) is 0.364. The predicted molar refractivity (Wildman–Crippen MR) is 79.0 cm³/mol. The van der Waals surface area contributed by atoms with Crippen LogP contribution in [0.1, 0.15) is 12.0 Å². The third-order valence-electron chi connectivity index (χ3n) is 3.84. The van der Waals surface area contributed by atoms with Gasteiger partial charge < -0.3 is 20.6 Å². The summed E-state index contributed by atoms with van der Waals surface area (Å²) >= 11 is 0. The van der Waals surface area contributed by atoms with Gasteiger partial charge in [0.25, 0.3) is 0 Å². The molecular weight excluding hydrogens is 270 g/mol. The van der Waals surface area contributed by atoms with Crippen LogP contribution in [0.15, 0.2) is 35.5 Å². The van der Waals surface area contributed by atoms with E-state index in [2.05, 4.69) is 5.16 Å². The molecule has 2 rings (SSSR count). The van der Waals surface area contributed by atoms with E-state index in [1.165, 1.54) is 0 Å². The number of nitrogens with zero attached hydrogens (tertiary/aromatic N) is 2. The molecule has 1 aromatic rings. The molecule has 6 nitrogen and oxygen atoms in total. The van der Waals surface area contributed by atoms with Crippen molar-refractivity contribution >= 4 is 11.7 Å². The Morgan fingerprint density at radius 3 is 2.81 bits per heavy atom. The minimum atomic E-state index is -0.645. The van der Waals surface area contributed by atoms with Crippen LogP contribution >= 0.6 is 0 Å². The molecule has 2 unspecified atom stereocenters. The van der Waals surface area contributed by atoms with Crippen molar-refractivity contribution in [3.8, 4) is 0 Å². The number of benzene rings is 1. The van der Waals surface area contributed by atoms with Gasteiger partial charge in [-0.2, -0.15) is 0 Å². The molecule has 114 valence electrons. The molecule has 0 radical (unpaired) electrons. The predicted octanol–water partition coefficient (Wildman–Crippen LogP) is 0.839. The standard InChI is InChI=1S/C15H21N3O3/c1-21-12-7-8-18(10-12)15(19)13(14(16)17-20)9-11-5-3-2-4-6-11/h2-6,12-13,20H,7-10H2,1H3,(H2,16,17). The molecule has 1 aliphatic heterocycles. The smallest absolute Gasteiger partial charge is 0.233 e. The van der Waals surface area contributed by atoms with Crippen LogP contribution in [0.2, 0.25) is 0 Å². The zero-order valence-electron chi connectivity index (χ0n) is 12.1. The van der Waals surface area contributed by atoms with Crippen molar-refractivity contribution in [2.75, 3.05) is 20.2 Å². The first-order valence-electron chi connectivity index (χ1n) is 6.98. The van der Waals surface area contributed by atoms with Gasteiger partial charge in [-0.3, -0.25) is 4.79 Å². The van der Waals surface area contributed by atoms with E-state index >= 15 is 0 Å². The number of rotatable bonds is 5. The van der Waals surface area contributed by atoms with Crippen molar-refractivity contribution in [2.24, 2.45) is 16.8 Å². The Kier molecular flexibility index (Phi) is 5.16. The van der Waals surface area contributed by atoms with E-state index in [9.17, 15) is 4.79 Å². The maximum atomic E-state index is 12.6. The molecular formula is C15H21N3O3. The largest absolute Gasteiger partial charge is 0.409 e. The zero-order chi connectivity index (χ0) is 15.2. The van der Waals surface area contributed by atoms with Crippen LogP contribution < -0.4 is 5.73 Å². The van der Waals surface area contributed by atoms with Crippen LogP contribution in [0.25, 0.3) is 0 Å². The molecule has 0 bridgehead atoms. The second-order valence-corrected chi connectivity index (χ2v) is 5.20. The highest BCUT2D eigenvalue weighted by Crippen LogP contribution is 2.18. The van der Waals surface area contributed by atoms with E-state index in [0.29, 0.717) is 19.5 Å². The fourth-order valence-corrected chi connectivity index (χ4v) is 2.58. The zero-order valence-corrected chi connectivity index (χ0v) is 12.1. The molecule has 0 spiro atoms. The number of methoxy groups -OCH3 is 1. The summed E-state index contributed by atoms with van der Waals surface area (Å²) in [4.78, 5) is 14.3. The first-order valence-corrected chi connectivity index (χ1v) is 6.98. The third kappa shape index (κ3) is 3.72. The molecule has 1 fully saturated rings. The molecule has 1 amide bonds. The summed E-state index contributed by atoms with van der Waals surface area (Å²) in [7, 11) is 1.64. The van der Waals surface area contributed by atoms with E-state index in [4.69, 9.17) is 15.7 Å². The summed E-state index contributed by atoms with van der Waals surface area (Å²) in [6.45, 7) is 1.20. The monoisotopic (exact) mass is 291 g/mol. The summed E-state index contributed by atoms with van der Waals surface area (Å²) in [6.07, 6.45) is 1.30. The van der Waals surface area contributed by atoms with Crippen LogP contribution in [-0.4, -0.2) is 48.2 Å². The Morgan fingerprint density at radius 2 is 2.24 bits per heavy atom. The van der Waals surface area contributed by atoms with Gasteiger partial charge in [0.05, 0.1) is 6.10 Å². The molecule has 1 aromatic carbocycles. The molecule has 1 aliphatic rings. The highest BCUT2D eigenvalue weighted by Gasteiger charge is 2.33. The minimum Gasteiger partial charge on any atom is -0.409 e. The van der Waals surface area contributed by atoms with Gasteiger partial charge >= 0.3 is 0 Å². The van der Waals surface area contributed by atoms with E-state index in [1.54, 1.807) is 12.0 Å². The molecule has 1 saturated heterocycles. The lowest BCUT2D eigenvalue weighted by Gasteiger charge is -2.22. The maximum absolute atomic E-state index is 12.6. The lowest BCUT2D eigenvalue weighted by molar-refractivity contribution is -0.132. The number of ether oxygens (including phenoxy) is 1. The van der Waals surface area contributed by atoms with Crippen LogP contribution in [0, 0.1) is 5.92 Å². The Morgan fingerprint density at radius 1 is 1.52 bits per heavy atom. The van der Waals surface area contributed by atoms with Gasteiger partial charge in [-0.25, -0.2) is 0 Å². The minimum absolute atomic E-state index is 0.0512. The molecule has 1 heterocycles. The fraction of sp³-hybridized carbons (Fsp3) is 0.467. The van der Waals surface area contributed by atoms with Crippen molar-refractivity contribution in [2.45, 2.75) is 18.9 Å². The number of likely N-dealkylation sites (tertiary alicyclic amines) is 1. The fourth-order valence-electron chi connectivity index (χ4n) is 2.58. The van der Waals surface area contributed by atoms with Gasteiger partial charge in [-0.05, 0) is 18.4 Å². The topological polar surface area (TPSA) is 88.2 Å². The van der Waals surface area contributed by atoms with Crippen LogP contribution in [0.4, 0.5) is 0 Å². The van der Waals surface area contributed by atoms with Crippen molar-refractivity contribution in [1.29, 1.82) is 0 Å². The molecule has 0 aromatic heterocycles. The van der Waals surface area contributed by atoms with Crippen molar-refractivity contribution < 1.29 is 14.7 Å². The van der Waals surface area contributed by atoms with E-state index < -0.39 is 5.92 Å². The third-order valence-corrected chi connectivity index (χ3v) is 3.84. The van der Waals surface area contributed by atoms with Crippen molar-refractivity contribution in [3.63, 3.8) is 0 Å². The number of amidine groups is 1. The van der Waals surface area contributed by atoms with Crippen LogP contribution in [-0.2, 0) is 16.0 Å². The summed E-state index contributed by atoms with van der Waals surface area (Å²) in [5, 5.41) is 12.0. The lowest BCUT2D eigenvalue weighted by Crippen LogP contribution is -2.42. The normalized spacial score (nSPS) is 20.5.